The number of urea groups is 1. The van der Waals surface area contributed by atoms with Gasteiger partial charge < -0.3 is 0 Å². The van der Waals surface area contributed by atoms with Gasteiger partial charge in [0.05, 0.1) is 10.6 Å². The largest absolute Gasteiger partial charge is 0.327 e. The summed E-state index contributed by atoms with van der Waals surface area (Å²) < 4.78 is 13.8. The highest BCUT2D eigenvalue weighted by atomic mass is 35.5. The number of aryl methyl sites for hydroxylation is 1. The lowest BCUT2D eigenvalue weighted by molar-refractivity contribution is 0.0963. The molecule has 0 saturated heterocycles. The number of benzene rings is 1. The Labute approximate surface area is 131 Å². The molecular weight excluding hydrogens is 309 g/mol. The van der Waals surface area contributed by atoms with Crippen LogP contribution in [0.4, 0.5) is 15.0 Å². The van der Waals surface area contributed by atoms with Crippen molar-refractivity contribution in [3.63, 3.8) is 0 Å². The maximum atomic E-state index is 13.8. The van der Waals surface area contributed by atoms with Gasteiger partial charge in [0.25, 0.3) is 5.91 Å². The first kappa shape index (κ1) is 15.9. The summed E-state index contributed by atoms with van der Waals surface area (Å²) in [6.45, 7) is 1.87. The molecule has 7 heteroatoms. The molecule has 22 heavy (non-hydrogen) atoms. The van der Waals surface area contributed by atoms with E-state index in [1.807, 2.05) is 12.2 Å². The summed E-state index contributed by atoms with van der Waals surface area (Å²) in [5, 5.41) is 4.56. The molecule has 0 spiro atoms. The highest BCUT2D eigenvalue weighted by Crippen LogP contribution is 2.17. The average Bonchev–Trinajstić information content (AvgIpc) is 2.49. The van der Waals surface area contributed by atoms with E-state index in [2.05, 4.69) is 10.3 Å². The Balaban J connectivity index is 2.06. The molecule has 1 heterocycles. The van der Waals surface area contributed by atoms with Crippen LogP contribution in [0.1, 0.15) is 22.8 Å². The summed E-state index contributed by atoms with van der Waals surface area (Å²) in [5.74, 6) is -1.42. The summed E-state index contributed by atoms with van der Waals surface area (Å²) >= 11 is 5.83. The Morgan fingerprint density at radius 3 is 2.73 bits per heavy atom. The third-order valence-electron chi connectivity index (χ3n) is 2.90. The van der Waals surface area contributed by atoms with E-state index in [0.717, 1.165) is 5.56 Å². The lowest BCUT2D eigenvalue weighted by Crippen LogP contribution is -2.35. The van der Waals surface area contributed by atoms with E-state index in [9.17, 15) is 14.0 Å². The van der Waals surface area contributed by atoms with Crippen molar-refractivity contribution in [2.45, 2.75) is 13.3 Å². The van der Waals surface area contributed by atoms with Crippen LogP contribution in [0, 0.1) is 5.82 Å². The Hall–Kier alpha value is -2.47. The van der Waals surface area contributed by atoms with Gasteiger partial charge in [-0.2, -0.15) is 0 Å². The molecule has 0 bridgehead atoms. The first-order valence-corrected chi connectivity index (χ1v) is 6.90. The lowest BCUT2D eigenvalue weighted by Gasteiger charge is -2.08. The monoisotopic (exact) mass is 321 g/mol. The standard InChI is InChI=1S/C15H13ClFN3O2/c1-2-9-5-6-10(12(17)8-9)14(21)20-15(22)19-13-11(16)4-3-7-18-13/h3-8H,2H2,1H3,(H2,18,19,20,21,22). The van der Waals surface area contributed by atoms with Gasteiger partial charge in [0, 0.05) is 6.20 Å². The minimum atomic E-state index is -0.843. The topological polar surface area (TPSA) is 71.1 Å². The van der Waals surface area contributed by atoms with Crippen LogP contribution in [-0.2, 0) is 6.42 Å². The van der Waals surface area contributed by atoms with Gasteiger partial charge in [0.15, 0.2) is 5.82 Å². The van der Waals surface area contributed by atoms with Crippen LogP contribution in [0.5, 0.6) is 0 Å². The number of halogens is 2. The number of anilines is 1. The predicted molar refractivity (Wildman–Crippen MR) is 81.5 cm³/mol. The summed E-state index contributed by atoms with van der Waals surface area (Å²) in [6, 6.07) is 6.53. The fourth-order valence-electron chi connectivity index (χ4n) is 1.75. The molecule has 0 aliphatic rings. The average molecular weight is 322 g/mol. The number of hydrogen-bond donors (Lipinski definition) is 2. The first-order valence-electron chi connectivity index (χ1n) is 6.52. The number of nitrogens with zero attached hydrogens (tertiary/aromatic N) is 1. The second-order valence-corrected chi connectivity index (χ2v) is 4.82. The normalized spacial score (nSPS) is 10.1. The molecule has 0 aliphatic heterocycles. The number of aromatic nitrogens is 1. The lowest BCUT2D eigenvalue weighted by atomic mass is 10.1. The second-order valence-electron chi connectivity index (χ2n) is 4.41. The Bertz CT molecular complexity index is 722. The summed E-state index contributed by atoms with van der Waals surface area (Å²) in [4.78, 5) is 27.5. The van der Waals surface area contributed by atoms with E-state index in [1.165, 1.54) is 24.4 Å². The number of imide groups is 1. The van der Waals surface area contributed by atoms with Crippen LogP contribution >= 0.6 is 11.6 Å². The molecular formula is C15H13ClFN3O2. The molecule has 114 valence electrons. The van der Waals surface area contributed by atoms with Crippen LogP contribution in [0.25, 0.3) is 0 Å². The van der Waals surface area contributed by atoms with E-state index in [1.54, 1.807) is 12.1 Å². The zero-order chi connectivity index (χ0) is 16.1. The Morgan fingerprint density at radius 2 is 2.09 bits per heavy atom. The first-order chi connectivity index (χ1) is 10.5. The molecule has 2 N–H and O–H groups in total. The van der Waals surface area contributed by atoms with Gasteiger partial charge in [-0.1, -0.05) is 24.6 Å². The fourth-order valence-corrected chi connectivity index (χ4v) is 1.92. The number of pyridine rings is 1. The van der Waals surface area contributed by atoms with Gasteiger partial charge in [0.2, 0.25) is 0 Å². The van der Waals surface area contributed by atoms with Crippen LogP contribution in [0.15, 0.2) is 36.5 Å². The quantitative estimate of drug-likeness (QED) is 0.910. The third-order valence-corrected chi connectivity index (χ3v) is 3.21. The second kappa shape index (κ2) is 7.00. The Morgan fingerprint density at radius 1 is 1.32 bits per heavy atom. The van der Waals surface area contributed by atoms with Gasteiger partial charge in [0.1, 0.15) is 5.82 Å². The van der Waals surface area contributed by atoms with Crippen molar-refractivity contribution >= 4 is 29.4 Å². The fraction of sp³-hybridized carbons (Fsp3) is 0.133. The van der Waals surface area contributed by atoms with E-state index in [4.69, 9.17) is 11.6 Å². The van der Waals surface area contributed by atoms with Crippen molar-refractivity contribution in [2.24, 2.45) is 0 Å². The number of amides is 3. The number of carbonyl (C=O) groups excluding carboxylic acids is 2. The molecule has 0 saturated carbocycles. The summed E-state index contributed by atoms with van der Waals surface area (Å²) in [5.41, 5.74) is 0.554. The number of rotatable bonds is 3. The molecule has 1 aromatic carbocycles. The predicted octanol–water partition coefficient (Wildman–Crippen LogP) is 3.40. The van der Waals surface area contributed by atoms with Crippen molar-refractivity contribution < 1.29 is 14.0 Å². The van der Waals surface area contributed by atoms with E-state index in [-0.39, 0.29) is 16.4 Å². The van der Waals surface area contributed by atoms with Crippen molar-refractivity contribution in [1.82, 2.24) is 10.3 Å². The molecule has 1 aromatic heterocycles. The number of nitrogens with one attached hydrogen (secondary N) is 2. The van der Waals surface area contributed by atoms with E-state index < -0.39 is 17.8 Å². The van der Waals surface area contributed by atoms with Gasteiger partial charge in [-0.3, -0.25) is 15.4 Å². The summed E-state index contributed by atoms with van der Waals surface area (Å²) in [7, 11) is 0. The number of carbonyl (C=O) groups is 2. The van der Waals surface area contributed by atoms with E-state index >= 15 is 0 Å². The molecule has 5 nitrogen and oxygen atoms in total. The maximum absolute atomic E-state index is 13.8. The smallest absolute Gasteiger partial charge is 0.291 e. The van der Waals surface area contributed by atoms with Crippen LogP contribution in [0.3, 0.4) is 0 Å². The molecule has 0 atom stereocenters. The van der Waals surface area contributed by atoms with Crippen molar-refractivity contribution in [3.8, 4) is 0 Å². The number of hydrogen-bond acceptors (Lipinski definition) is 3. The highest BCUT2D eigenvalue weighted by molar-refractivity contribution is 6.33. The van der Waals surface area contributed by atoms with Crippen LogP contribution in [-0.4, -0.2) is 16.9 Å². The van der Waals surface area contributed by atoms with Crippen LogP contribution in [0.2, 0.25) is 5.02 Å². The molecule has 2 aromatic rings. The molecule has 0 radical (unpaired) electrons. The highest BCUT2D eigenvalue weighted by Gasteiger charge is 2.15. The van der Waals surface area contributed by atoms with Crippen LogP contribution < -0.4 is 10.6 Å². The SMILES string of the molecule is CCc1ccc(C(=O)NC(=O)Nc2ncccc2Cl)c(F)c1. The van der Waals surface area contributed by atoms with Gasteiger partial charge in [-0.05, 0) is 36.2 Å². The van der Waals surface area contributed by atoms with Gasteiger partial charge >= 0.3 is 6.03 Å². The van der Waals surface area contributed by atoms with E-state index in [0.29, 0.717) is 6.42 Å². The van der Waals surface area contributed by atoms with Crippen molar-refractivity contribution in [1.29, 1.82) is 0 Å². The zero-order valence-electron chi connectivity index (χ0n) is 11.7. The summed E-state index contributed by atoms with van der Waals surface area (Å²) in [6.07, 6.45) is 2.09. The molecule has 0 aliphatic carbocycles. The van der Waals surface area contributed by atoms with Crippen molar-refractivity contribution in [3.05, 3.63) is 58.5 Å². The Kier molecular flexibility index (Phi) is 5.06. The minimum absolute atomic E-state index is 0.108. The van der Waals surface area contributed by atoms with Gasteiger partial charge in [-0.25, -0.2) is 14.2 Å². The van der Waals surface area contributed by atoms with Gasteiger partial charge in [-0.15, -0.1) is 0 Å². The molecule has 3 amide bonds. The van der Waals surface area contributed by atoms with Crippen molar-refractivity contribution in [2.75, 3.05) is 5.32 Å². The molecule has 0 fully saturated rings. The molecule has 2 rings (SSSR count). The molecule has 0 unspecified atom stereocenters. The maximum Gasteiger partial charge on any atom is 0.327 e. The third kappa shape index (κ3) is 3.79. The zero-order valence-corrected chi connectivity index (χ0v) is 12.4. The minimum Gasteiger partial charge on any atom is -0.291 e.